The van der Waals surface area contributed by atoms with Crippen LogP contribution in [0.15, 0.2) is 12.1 Å². The summed E-state index contributed by atoms with van der Waals surface area (Å²) in [6, 6.07) is 3.44. The molecule has 2 N–H and O–H groups in total. The molecule has 0 saturated heterocycles. The molecule has 0 saturated carbocycles. The van der Waals surface area contributed by atoms with Gasteiger partial charge in [0.2, 0.25) is 0 Å². The van der Waals surface area contributed by atoms with Gasteiger partial charge in [0.05, 0.1) is 6.61 Å². The molecule has 0 aliphatic heterocycles. The number of aliphatic hydroxyl groups is 2. The lowest BCUT2D eigenvalue weighted by molar-refractivity contribution is -0.0477. The van der Waals surface area contributed by atoms with Gasteiger partial charge in [0.25, 0.3) is 0 Å². The van der Waals surface area contributed by atoms with E-state index in [1.54, 1.807) is 19.1 Å². The lowest BCUT2D eigenvalue weighted by atomic mass is 10.3. The zero-order chi connectivity index (χ0) is 9.84. The molecule has 1 heterocycles. The van der Waals surface area contributed by atoms with E-state index in [4.69, 9.17) is 14.9 Å². The molecule has 0 bridgehead atoms. The predicted octanol–water partition coefficient (Wildman–Crippen LogP) is 0.772. The summed E-state index contributed by atoms with van der Waals surface area (Å²) in [5.41, 5.74) is 0.897. The second kappa shape index (κ2) is 4.20. The standard InChI is InChI=1S/C9H13NO3/c1-3-13-7-5-4-6(2)10-8(7)9(11)12/h4-5,9,11-12H,3H2,1-2H3. The Labute approximate surface area is 76.8 Å². The number of aromatic nitrogens is 1. The summed E-state index contributed by atoms with van der Waals surface area (Å²) in [7, 11) is 0. The summed E-state index contributed by atoms with van der Waals surface area (Å²) >= 11 is 0. The number of nitrogens with zero attached hydrogens (tertiary/aromatic N) is 1. The van der Waals surface area contributed by atoms with Crippen LogP contribution in [0.2, 0.25) is 0 Å². The van der Waals surface area contributed by atoms with E-state index in [0.29, 0.717) is 12.4 Å². The van der Waals surface area contributed by atoms with Crippen LogP contribution in [0.1, 0.15) is 24.6 Å². The van der Waals surface area contributed by atoms with E-state index in [9.17, 15) is 0 Å². The Morgan fingerprint density at radius 3 is 2.69 bits per heavy atom. The van der Waals surface area contributed by atoms with Crippen molar-refractivity contribution in [3.63, 3.8) is 0 Å². The number of rotatable bonds is 3. The van der Waals surface area contributed by atoms with Gasteiger partial charge in [0.1, 0.15) is 11.4 Å². The van der Waals surface area contributed by atoms with Gasteiger partial charge in [0, 0.05) is 5.69 Å². The van der Waals surface area contributed by atoms with Gasteiger partial charge < -0.3 is 14.9 Å². The first-order valence-electron chi connectivity index (χ1n) is 4.11. The highest BCUT2D eigenvalue weighted by Gasteiger charge is 2.11. The molecule has 4 nitrogen and oxygen atoms in total. The molecule has 0 spiro atoms. The van der Waals surface area contributed by atoms with Crippen LogP contribution in [0, 0.1) is 6.92 Å². The number of aliphatic hydroxyl groups excluding tert-OH is 1. The van der Waals surface area contributed by atoms with Crippen LogP contribution in [0.4, 0.5) is 0 Å². The highest BCUT2D eigenvalue weighted by atomic mass is 16.5. The highest BCUT2D eigenvalue weighted by molar-refractivity contribution is 5.29. The van der Waals surface area contributed by atoms with Gasteiger partial charge in [0.15, 0.2) is 6.29 Å². The van der Waals surface area contributed by atoms with Gasteiger partial charge in [-0.25, -0.2) is 4.98 Å². The van der Waals surface area contributed by atoms with Crippen LogP contribution in [0.3, 0.4) is 0 Å². The topological polar surface area (TPSA) is 62.6 Å². The van der Waals surface area contributed by atoms with E-state index >= 15 is 0 Å². The molecule has 1 aromatic heterocycles. The van der Waals surface area contributed by atoms with Crippen molar-refractivity contribution >= 4 is 0 Å². The molecule has 0 aromatic carbocycles. The first kappa shape index (κ1) is 9.95. The number of hydrogen-bond acceptors (Lipinski definition) is 4. The summed E-state index contributed by atoms with van der Waals surface area (Å²) in [5, 5.41) is 17.9. The van der Waals surface area contributed by atoms with Crippen LogP contribution in [-0.2, 0) is 0 Å². The first-order chi connectivity index (χ1) is 6.15. The fourth-order valence-corrected chi connectivity index (χ4v) is 1.03. The quantitative estimate of drug-likeness (QED) is 0.679. The summed E-state index contributed by atoms with van der Waals surface area (Å²) < 4.78 is 5.17. The lowest BCUT2D eigenvalue weighted by Gasteiger charge is -2.10. The van der Waals surface area contributed by atoms with Gasteiger partial charge in [-0.05, 0) is 26.0 Å². The third kappa shape index (κ3) is 2.40. The monoisotopic (exact) mass is 183 g/mol. The SMILES string of the molecule is CCOc1ccc(C)nc1C(O)O. The molecule has 72 valence electrons. The minimum atomic E-state index is -1.58. The Balaban J connectivity index is 3.03. The Kier molecular flexibility index (Phi) is 3.22. The van der Waals surface area contributed by atoms with E-state index in [1.165, 1.54) is 0 Å². The van der Waals surface area contributed by atoms with Crippen LogP contribution < -0.4 is 4.74 Å². The molecule has 1 aromatic rings. The van der Waals surface area contributed by atoms with Crippen molar-refractivity contribution in [1.29, 1.82) is 0 Å². The first-order valence-corrected chi connectivity index (χ1v) is 4.11. The molecule has 0 aliphatic rings. The lowest BCUT2D eigenvalue weighted by Crippen LogP contribution is -2.05. The molecular formula is C9H13NO3. The molecule has 0 aliphatic carbocycles. The molecule has 4 heteroatoms. The van der Waals surface area contributed by atoms with E-state index in [-0.39, 0.29) is 5.69 Å². The zero-order valence-electron chi connectivity index (χ0n) is 7.69. The van der Waals surface area contributed by atoms with Gasteiger partial charge >= 0.3 is 0 Å². The number of pyridine rings is 1. The maximum Gasteiger partial charge on any atom is 0.199 e. The molecule has 13 heavy (non-hydrogen) atoms. The summed E-state index contributed by atoms with van der Waals surface area (Å²) in [5.74, 6) is 0.420. The van der Waals surface area contributed by atoms with Crippen molar-refractivity contribution < 1.29 is 14.9 Å². The fourth-order valence-electron chi connectivity index (χ4n) is 1.03. The average Bonchev–Trinajstić information content (AvgIpc) is 2.08. The number of aryl methyl sites for hydroxylation is 1. The number of hydrogen-bond donors (Lipinski definition) is 2. The molecule has 0 unspecified atom stereocenters. The van der Waals surface area contributed by atoms with Crippen molar-refractivity contribution in [3.8, 4) is 5.75 Å². The van der Waals surface area contributed by atoms with Crippen molar-refractivity contribution in [2.45, 2.75) is 20.1 Å². The summed E-state index contributed by atoms with van der Waals surface area (Å²) in [6.07, 6.45) is -1.58. The second-order valence-corrected chi connectivity index (χ2v) is 2.64. The summed E-state index contributed by atoms with van der Waals surface area (Å²) in [4.78, 5) is 3.97. The van der Waals surface area contributed by atoms with E-state index in [1.807, 2.05) is 6.92 Å². The van der Waals surface area contributed by atoms with Crippen molar-refractivity contribution in [1.82, 2.24) is 4.98 Å². The molecule has 0 amide bonds. The second-order valence-electron chi connectivity index (χ2n) is 2.64. The summed E-state index contributed by atoms with van der Waals surface area (Å²) in [6.45, 7) is 4.08. The Morgan fingerprint density at radius 2 is 2.15 bits per heavy atom. The average molecular weight is 183 g/mol. The van der Waals surface area contributed by atoms with Crippen LogP contribution >= 0.6 is 0 Å². The maximum atomic E-state index is 8.97. The van der Waals surface area contributed by atoms with E-state index < -0.39 is 6.29 Å². The maximum absolute atomic E-state index is 8.97. The molecule has 1 rings (SSSR count). The van der Waals surface area contributed by atoms with Crippen molar-refractivity contribution in [2.24, 2.45) is 0 Å². The van der Waals surface area contributed by atoms with Crippen LogP contribution in [0.5, 0.6) is 5.75 Å². The minimum Gasteiger partial charge on any atom is -0.492 e. The Bertz CT molecular complexity index is 286. The Morgan fingerprint density at radius 1 is 1.46 bits per heavy atom. The predicted molar refractivity (Wildman–Crippen MR) is 47.3 cm³/mol. The molecule has 0 atom stereocenters. The van der Waals surface area contributed by atoms with Gasteiger partial charge in [-0.1, -0.05) is 0 Å². The normalized spacial score (nSPS) is 10.5. The van der Waals surface area contributed by atoms with E-state index in [2.05, 4.69) is 4.98 Å². The fraction of sp³-hybridized carbons (Fsp3) is 0.444. The zero-order valence-corrected chi connectivity index (χ0v) is 7.69. The van der Waals surface area contributed by atoms with Gasteiger partial charge in [-0.3, -0.25) is 0 Å². The third-order valence-corrected chi connectivity index (χ3v) is 1.57. The minimum absolute atomic E-state index is 0.168. The van der Waals surface area contributed by atoms with Crippen molar-refractivity contribution in [2.75, 3.05) is 6.61 Å². The smallest absolute Gasteiger partial charge is 0.199 e. The molecular weight excluding hydrogens is 170 g/mol. The van der Waals surface area contributed by atoms with E-state index in [0.717, 1.165) is 5.69 Å². The third-order valence-electron chi connectivity index (χ3n) is 1.57. The van der Waals surface area contributed by atoms with Gasteiger partial charge in [-0.15, -0.1) is 0 Å². The Hall–Kier alpha value is -1.13. The van der Waals surface area contributed by atoms with Gasteiger partial charge in [-0.2, -0.15) is 0 Å². The largest absolute Gasteiger partial charge is 0.492 e. The van der Waals surface area contributed by atoms with Crippen molar-refractivity contribution in [3.05, 3.63) is 23.5 Å². The highest BCUT2D eigenvalue weighted by Crippen LogP contribution is 2.21. The molecule has 0 radical (unpaired) electrons. The molecule has 0 fully saturated rings. The van der Waals surface area contributed by atoms with Crippen LogP contribution in [0.25, 0.3) is 0 Å². The van der Waals surface area contributed by atoms with Crippen LogP contribution in [-0.4, -0.2) is 21.8 Å². The number of ether oxygens (including phenoxy) is 1.